The summed E-state index contributed by atoms with van der Waals surface area (Å²) in [5.41, 5.74) is 0. The van der Waals surface area contributed by atoms with Crippen LogP contribution in [0.1, 0.15) is 168 Å². The van der Waals surface area contributed by atoms with Gasteiger partial charge in [0.2, 0.25) is 0 Å². The normalized spacial score (nSPS) is 13.2. The zero-order chi connectivity index (χ0) is 36.4. The number of carboxylic acids is 1. The molecule has 0 aliphatic rings. The smallest absolute Gasteiger partial charge is 0.306 e. The number of hydrogen-bond acceptors (Lipinski definition) is 7. The summed E-state index contributed by atoms with van der Waals surface area (Å²) in [5.74, 6) is -1.75. The lowest BCUT2D eigenvalue weighted by atomic mass is 10.1. The molecule has 0 aromatic heterocycles. The summed E-state index contributed by atoms with van der Waals surface area (Å²) in [4.78, 5) is 36.5. The Bertz CT molecular complexity index is 864. The standard InChI is InChI=1S/C41H75NO7/c1-6-8-10-12-14-15-16-17-18-19-20-21-22-23-24-25-26-28-30-32-40(44)49-37(35-47-34-33-38(41(45)46)42(3,4)5)36-48-39(43)31-29-27-13-11-9-7-2/h14-15,17-18,37-38H,6-13,16,19-36H2,1-5H3/b15-14-,18-17-. The van der Waals surface area contributed by atoms with Gasteiger partial charge in [-0.25, -0.2) is 0 Å². The second-order valence-corrected chi connectivity index (χ2v) is 14.5. The maximum absolute atomic E-state index is 12.6. The number of carbonyl (C=O) groups is 3. The Morgan fingerprint density at radius 1 is 0.612 bits per heavy atom. The van der Waals surface area contributed by atoms with Crippen molar-refractivity contribution in [2.24, 2.45) is 0 Å². The minimum atomic E-state index is -1.13. The average Bonchev–Trinajstić information content (AvgIpc) is 3.05. The van der Waals surface area contributed by atoms with Crippen LogP contribution < -0.4 is 5.11 Å². The fourth-order valence-corrected chi connectivity index (χ4v) is 5.69. The number of unbranched alkanes of at least 4 members (excludes halogenated alkanes) is 17. The van der Waals surface area contributed by atoms with E-state index in [4.69, 9.17) is 14.2 Å². The van der Waals surface area contributed by atoms with Gasteiger partial charge in [0, 0.05) is 19.3 Å². The molecule has 0 rings (SSSR count). The molecule has 0 aliphatic heterocycles. The molecule has 8 heteroatoms. The van der Waals surface area contributed by atoms with Gasteiger partial charge in [-0.3, -0.25) is 9.59 Å². The molecular formula is C41H75NO7. The highest BCUT2D eigenvalue weighted by Crippen LogP contribution is 2.14. The number of quaternary nitrogens is 1. The lowest BCUT2D eigenvalue weighted by Crippen LogP contribution is -2.55. The Morgan fingerprint density at radius 2 is 1.08 bits per heavy atom. The summed E-state index contributed by atoms with van der Waals surface area (Å²) in [6, 6.07) is -0.721. The van der Waals surface area contributed by atoms with Gasteiger partial charge < -0.3 is 28.6 Å². The summed E-state index contributed by atoms with van der Waals surface area (Å²) < 4.78 is 17.0. The SMILES string of the molecule is CCCCC/C=C\C/C=C\CCCCCCCCCCCC(=O)OC(COCCC(C(=O)[O-])[N+](C)(C)C)COC(=O)CCCCCCCC. The molecule has 49 heavy (non-hydrogen) atoms. The highest BCUT2D eigenvalue weighted by atomic mass is 16.6. The van der Waals surface area contributed by atoms with Crippen LogP contribution in [0.15, 0.2) is 24.3 Å². The molecule has 0 amide bonds. The van der Waals surface area contributed by atoms with Crippen molar-refractivity contribution in [3.63, 3.8) is 0 Å². The van der Waals surface area contributed by atoms with E-state index in [1.54, 1.807) is 21.1 Å². The number of carboxylic acid groups (broad SMARTS) is 1. The Morgan fingerprint density at radius 3 is 1.61 bits per heavy atom. The lowest BCUT2D eigenvalue weighted by Gasteiger charge is -2.34. The van der Waals surface area contributed by atoms with Gasteiger partial charge in [0.05, 0.1) is 40.3 Å². The van der Waals surface area contributed by atoms with Gasteiger partial charge in [0.1, 0.15) is 12.6 Å². The van der Waals surface area contributed by atoms with Gasteiger partial charge in [-0.2, -0.15) is 0 Å². The first kappa shape index (κ1) is 46.8. The maximum atomic E-state index is 12.6. The van der Waals surface area contributed by atoms with Crippen molar-refractivity contribution >= 4 is 17.9 Å². The summed E-state index contributed by atoms with van der Waals surface area (Å²) in [7, 11) is 5.39. The molecule has 0 spiro atoms. The highest BCUT2D eigenvalue weighted by Gasteiger charge is 2.25. The van der Waals surface area contributed by atoms with Crippen LogP contribution in [0.4, 0.5) is 0 Å². The van der Waals surface area contributed by atoms with Crippen LogP contribution in [0.3, 0.4) is 0 Å². The number of ether oxygens (including phenoxy) is 3. The van der Waals surface area contributed by atoms with Gasteiger partial charge in [0.25, 0.3) is 0 Å². The minimum Gasteiger partial charge on any atom is -0.544 e. The predicted molar refractivity (Wildman–Crippen MR) is 199 cm³/mol. The maximum Gasteiger partial charge on any atom is 0.306 e. The van der Waals surface area contributed by atoms with E-state index in [0.717, 1.165) is 44.9 Å². The number of nitrogens with zero attached hydrogens (tertiary/aromatic N) is 1. The van der Waals surface area contributed by atoms with E-state index in [-0.39, 0.29) is 42.7 Å². The van der Waals surface area contributed by atoms with E-state index in [2.05, 4.69) is 38.2 Å². The van der Waals surface area contributed by atoms with Crippen molar-refractivity contribution in [1.82, 2.24) is 0 Å². The first-order valence-corrected chi connectivity index (χ1v) is 19.9. The Hall–Kier alpha value is -2.19. The molecule has 0 saturated heterocycles. The van der Waals surface area contributed by atoms with E-state index in [9.17, 15) is 19.5 Å². The summed E-state index contributed by atoms with van der Waals surface area (Å²) in [6.45, 7) is 4.56. The van der Waals surface area contributed by atoms with Crippen molar-refractivity contribution in [2.75, 3.05) is 41.0 Å². The number of hydrogen-bond donors (Lipinski definition) is 0. The van der Waals surface area contributed by atoms with Crippen molar-refractivity contribution in [3.05, 3.63) is 24.3 Å². The largest absolute Gasteiger partial charge is 0.544 e. The van der Waals surface area contributed by atoms with Crippen molar-refractivity contribution < 1.29 is 38.2 Å². The summed E-state index contributed by atoms with van der Waals surface area (Å²) >= 11 is 0. The monoisotopic (exact) mass is 694 g/mol. The van der Waals surface area contributed by atoms with Gasteiger partial charge in [-0.1, -0.05) is 128 Å². The fraction of sp³-hybridized carbons (Fsp3) is 0.829. The van der Waals surface area contributed by atoms with E-state index in [1.807, 2.05) is 0 Å². The quantitative estimate of drug-likeness (QED) is 0.0283. The van der Waals surface area contributed by atoms with Crippen LogP contribution in [0, 0.1) is 0 Å². The molecule has 0 bridgehead atoms. The molecule has 286 valence electrons. The van der Waals surface area contributed by atoms with Crippen molar-refractivity contribution in [1.29, 1.82) is 0 Å². The summed E-state index contributed by atoms with van der Waals surface area (Å²) in [6.07, 6.45) is 33.6. The van der Waals surface area contributed by atoms with E-state index < -0.39 is 18.1 Å². The molecule has 2 unspecified atom stereocenters. The third-order valence-electron chi connectivity index (χ3n) is 8.84. The van der Waals surface area contributed by atoms with E-state index >= 15 is 0 Å². The molecule has 0 aliphatic carbocycles. The van der Waals surface area contributed by atoms with Gasteiger partial charge >= 0.3 is 11.9 Å². The van der Waals surface area contributed by atoms with Crippen LogP contribution in [0.2, 0.25) is 0 Å². The molecule has 0 saturated carbocycles. The molecule has 0 heterocycles. The topological polar surface area (TPSA) is 102 Å². The molecule has 0 aromatic rings. The molecular weight excluding hydrogens is 618 g/mol. The Labute approximate surface area is 301 Å². The predicted octanol–water partition coefficient (Wildman–Crippen LogP) is 8.80. The molecule has 8 nitrogen and oxygen atoms in total. The molecule has 0 N–H and O–H groups in total. The highest BCUT2D eigenvalue weighted by molar-refractivity contribution is 5.70. The van der Waals surface area contributed by atoms with Gasteiger partial charge in [0.15, 0.2) is 6.10 Å². The zero-order valence-corrected chi connectivity index (χ0v) is 32.4. The van der Waals surface area contributed by atoms with Gasteiger partial charge in [-0.15, -0.1) is 0 Å². The third kappa shape index (κ3) is 31.5. The number of esters is 2. The molecule has 0 fully saturated rings. The number of aliphatic carboxylic acids is 1. The molecule has 0 aromatic carbocycles. The number of likely N-dealkylation sites (N-methyl/N-ethyl adjacent to an activating group) is 1. The van der Waals surface area contributed by atoms with Crippen LogP contribution >= 0.6 is 0 Å². The Balaban J connectivity index is 4.25. The van der Waals surface area contributed by atoms with Crippen molar-refractivity contribution in [2.45, 2.75) is 180 Å². The number of rotatable bonds is 35. The number of carbonyl (C=O) groups excluding carboxylic acids is 3. The van der Waals surface area contributed by atoms with Crippen LogP contribution in [-0.4, -0.2) is 75.5 Å². The zero-order valence-electron chi connectivity index (χ0n) is 32.4. The first-order chi connectivity index (χ1) is 23.6. The van der Waals surface area contributed by atoms with Crippen LogP contribution in [0.5, 0.6) is 0 Å². The van der Waals surface area contributed by atoms with Gasteiger partial charge in [-0.05, 0) is 44.9 Å². The number of allylic oxidation sites excluding steroid dienone is 4. The first-order valence-electron chi connectivity index (χ1n) is 19.9. The van der Waals surface area contributed by atoms with Crippen LogP contribution in [-0.2, 0) is 28.6 Å². The minimum absolute atomic E-state index is 0.0414. The lowest BCUT2D eigenvalue weighted by molar-refractivity contribution is -0.889. The van der Waals surface area contributed by atoms with Crippen molar-refractivity contribution in [3.8, 4) is 0 Å². The summed E-state index contributed by atoms with van der Waals surface area (Å²) in [5, 5.41) is 11.6. The van der Waals surface area contributed by atoms with E-state index in [0.29, 0.717) is 12.8 Å². The molecule has 2 atom stereocenters. The second kappa shape index (κ2) is 33.0. The fourth-order valence-electron chi connectivity index (χ4n) is 5.69. The average molecular weight is 694 g/mol. The second-order valence-electron chi connectivity index (χ2n) is 14.5. The van der Waals surface area contributed by atoms with E-state index in [1.165, 1.54) is 89.9 Å². The van der Waals surface area contributed by atoms with Crippen LogP contribution in [0.25, 0.3) is 0 Å². The molecule has 0 radical (unpaired) electrons. The third-order valence-corrected chi connectivity index (χ3v) is 8.84. The Kier molecular flexibility index (Phi) is 31.5.